The Bertz CT molecular complexity index is 745. The molecule has 3 aromatic rings. The highest BCUT2D eigenvalue weighted by Gasteiger charge is 2.06. The number of fused-ring (bicyclic) bond motifs is 1. The maximum Gasteiger partial charge on any atom is 0.0907 e. The van der Waals surface area contributed by atoms with E-state index >= 15 is 0 Å². The van der Waals surface area contributed by atoms with Gasteiger partial charge in [-0.15, -0.1) is 22.7 Å². The van der Waals surface area contributed by atoms with E-state index in [0.717, 1.165) is 50.3 Å². The van der Waals surface area contributed by atoms with Crippen molar-refractivity contribution < 1.29 is 0 Å². The topological polar surface area (TPSA) is 63.8 Å². The Morgan fingerprint density at radius 1 is 1.20 bits per heavy atom. The lowest BCUT2D eigenvalue weighted by Crippen LogP contribution is -2.07. The second-order valence-corrected chi connectivity index (χ2v) is 6.97. The first-order valence-electron chi connectivity index (χ1n) is 6.43. The number of nitrogens with zero attached hydrogens (tertiary/aromatic N) is 2. The largest absolute Gasteiger partial charge is 0.397 e. The highest BCUT2D eigenvalue weighted by Crippen LogP contribution is 2.29. The van der Waals surface area contributed by atoms with Gasteiger partial charge in [-0.1, -0.05) is 0 Å². The lowest BCUT2D eigenvalue weighted by molar-refractivity contribution is 0.969. The Morgan fingerprint density at radius 2 is 2.05 bits per heavy atom. The number of rotatable bonds is 4. The van der Waals surface area contributed by atoms with Gasteiger partial charge in [0.2, 0.25) is 0 Å². The van der Waals surface area contributed by atoms with Gasteiger partial charge in [0.15, 0.2) is 0 Å². The molecule has 0 saturated heterocycles. The number of nitrogens with two attached hydrogens (primary N) is 1. The normalized spacial score (nSPS) is 11.1. The van der Waals surface area contributed by atoms with Gasteiger partial charge in [0.1, 0.15) is 0 Å². The average Bonchev–Trinajstić information content (AvgIpc) is 2.95. The summed E-state index contributed by atoms with van der Waals surface area (Å²) >= 11 is 3.36. The van der Waals surface area contributed by atoms with Crippen LogP contribution >= 0.6 is 22.7 Å². The van der Waals surface area contributed by atoms with Gasteiger partial charge in [-0.3, -0.25) is 0 Å². The molecule has 0 saturated carbocycles. The third-order valence-corrected chi connectivity index (χ3v) is 4.79. The van der Waals surface area contributed by atoms with E-state index in [2.05, 4.69) is 20.7 Å². The number of hydrogen-bond donors (Lipinski definition) is 2. The van der Waals surface area contributed by atoms with E-state index < -0.39 is 0 Å². The molecule has 0 atom stereocenters. The van der Waals surface area contributed by atoms with E-state index in [1.165, 1.54) is 0 Å². The third-order valence-electron chi connectivity index (χ3n) is 3.03. The van der Waals surface area contributed by atoms with E-state index in [1.54, 1.807) is 22.7 Å². The van der Waals surface area contributed by atoms with Crippen LogP contribution in [0.25, 0.3) is 10.2 Å². The summed E-state index contributed by atoms with van der Waals surface area (Å²) in [5.74, 6) is 0. The van der Waals surface area contributed by atoms with Crippen LogP contribution in [-0.2, 0) is 6.42 Å². The lowest BCUT2D eigenvalue weighted by Gasteiger charge is -2.08. The number of aromatic nitrogens is 2. The number of anilines is 2. The SMILES string of the molecule is Cc1nc(CCNc2cc3nc(C)sc3cc2N)cs1. The first kappa shape index (κ1) is 13.3. The number of nitrogen functional groups attached to an aromatic ring is 1. The number of benzene rings is 1. The molecular formula is C14H16N4S2. The molecule has 0 bridgehead atoms. The van der Waals surface area contributed by atoms with E-state index in [0.29, 0.717) is 0 Å². The highest BCUT2D eigenvalue weighted by atomic mass is 32.1. The van der Waals surface area contributed by atoms with E-state index in [9.17, 15) is 0 Å². The van der Waals surface area contributed by atoms with E-state index in [-0.39, 0.29) is 0 Å². The molecule has 0 aliphatic carbocycles. The minimum atomic E-state index is 0.774. The van der Waals surface area contributed by atoms with Crippen molar-refractivity contribution in [1.29, 1.82) is 0 Å². The molecule has 2 aromatic heterocycles. The standard InChI is InChI=1S/C14H16N4S2/c1-8-17-10(7-19-8)3-4-16-12-6-13-14(5-11(12)15)20-9(2)18-13/h5-7,16H,3-4,15H2,1-2H3. The number of hydrogen-bond acceptors (Lipinski definition) is 6. The minimum absolute atomic E-state index is 0.774. The zero-order valence-electron chi connectivity index (χ0n) is 11.4. The quantitative estimate of drug-likeness (QED) is 0.723. The predicted octanol–water partition coefficient (Wildman–Crippen LogP) is 3.61. The molecule has 0 fully saturated rings. The molecule has 104 valence electrons. The molecule has 6 heteroatoms. The van der Waals surface area contributed by atoms with Crippen LogP contribution in [0.3, 0.4) is 0 Å². The Kier molecular flexibility index (Phi) is 3.58. The van der Waals surface area contributed by atoms with Gasteiger partial charge in [0, 0.05) is 18.3 Å². The van der Waals surface area contributed by atoms with Gasteiger partial charge >= 0.3 is 0 Å². The number of thiazole rings is 2. The van der Waals surface area contributed by atoms with Crippen molar-refractivity contribution in [2.75, 3.05) is 17.6 Å². The lowest BCUT2D eigenvalue weighted by atomic mass is 10.2. The zero-order valence-corrected chi connectivity index (χ0v) is 13.1. The fraction of sp³-hybridized carbons (Fsp3) is 0.286. The minimum Gasteiger partial charge on any atom is -0.397 e. The monoisotopic (exact) mass is 304 g/mol. The predicted molar refractivity (Wildman–Crippen MR) is 87.8 cm³/mol. The van der Waals surface area contributed by atoms with Crippen LogP contribution in [0.5, 0.6) is 0 Å². The second kappa shape index (κ2) is 5.38. The van der Waals surface area contributed by atoms with Crippen LogP contribution in [0.2, 0.25) is 0 Å². The van der Waals surface area contributed by atoms with Crippen molar-refractivity contribution >= 4 is 44.3 Å². The van der Waals surface area contributed by atoms with Crippen LogP contribution < -0.4 is 11.1 Å². The third kappa shape index (κ3) is 2.76. The molecular weight excluding hydrogens is 288 g/mol. The van der Waals surface area contributed by atoms with Crippen molar-refractivity contribution in [2.45, 2.75) is 20.3 Å². The molecule has 3 rings (SSSR count). The molecule has 1 aromatic carbocycles. The Balaban J connectivity index is 1.71. The fourth-order valence-corrected chi connectivity index (χ4v) is 3.61. The van der Waals surface area contributed by atoms with Gasteiger partial charge in [-0.25, -0.2) is 9.97 Å². The molecule has 0 radical (unpaired) electrons. The molecule has 4 nitrogen and oxygen atoms in total. The molecule has 0 aliphatic heterocycles. The van der Waals surface area contributed by atoms with Crippen LogP contribution in [-0.4, -0.2) is 16.5 Å². The molecule has 2 heterocycles. The van der Waals surface area contributed by atoms with Gasteiger partial charge < -0.3 is 11.1 Å². The molecule has 3 N–H and O–H groups in total. The van der Waals surface area contributed by atoms with Gasteiger partial charge in [0.05, 0.1) is 37.3 Å². The molecule has 0 amide bonds. The van der Waals surface area contributed by atoms with Gasteiger partial charge in [-0.2, -0.15) is 0 Å². The maximum absolute atomic E-state index is 6.08. The summed E-state index contributed by atoms with van der Waals surface area (Å²) in [6.07, 6.45) is 0.901. The molecule has 0 unspecified atom stereocenters. The summed E-state index contributed by atoms with van der Waals surface area (Å²) < 4.78 is 1.14. The average molecular weight is 304 g/mol. The van der Waals surface area contributed by atoms with E-state index in [4.69, 9.17) is 5.73 Å². The summed E-state index contributed by atoms with van der Waals surface area (Å²) in [5, 5.41) is 7.66. The summed E-state index contributed by atoms with van der Waals surface area (Å²) in [6, 6.07) is 4.02. The highest BCUT2D eigenvalue weighted by molar-refractivity contribution is 7.18. The summed E-state index contributed by atoms with van der Waals surface area (Å²) in [7, 11) is 0. The Labute approximate surface area is 125 Å². The van der Waals surface area contributed by atoms with Crippen LogP contribution in [0.4, 0.5) is 11.4 Å². The van der Waals surface area contributed by atoms with Gasteiger partial charge in [0.25, 0.3) is 0 Å². The van der Waals surface area contributed by atoms with Crippen molar-refractivity contribution in [3.8, 4) is 0 Å². The van der Waals surface area contributed by atoms with Gasteiger partial charge in [-0.05, 0) is 26.0 Å². The zero-order chi connectivity index (χ0) is 14.1. The molecule has 0 spiro atoms. The Hall–Kier alpha value is -1.66. The Morgan fingerprint density at radius 3 is 2.80 bits per heavy atom. The first-order valence-corrected chi connectivity index (χ1v) is 8.13. The van der Waals surface area contributed by atoms with Crippen molar-refractivity contribution in [3.63, 3.8) is 0 Å². The molecule has 0 aliphatic rings. The first-order chi connectivity index (χ1) is 9.61. The summed E-state index contributed by atoms with van der Waals surface area (Å²) in [5.41, 5.74) is 9.95. The fourth-order valence-electron chi connectivity index (χ4n) is 2.11. The smallest absolute Gasteiger partial charge is 0.0907 e. The number of nitrogens with one attached hydrogen (secondary N) is 1. The molecule has 20 heavy (non-hydrogen) atoms. The van der Waals surface area contributed by atoms with Crippen molar-refractivity contribution in [2.24, 2.45) is 0 Å². The summed E-state index contributed by atoms with van der Waals surface area (Å²) in [4.78, 5) is 8.95. The second-order valence-electron chi connectivity index (χ2n) is 4.67. The van der Waals surface area contributed by atoms with Crippen LogP contribution in [0, 0.1) is 13.8 Å². The summed E-state index contributed by atoms with van der Waals surface area (Å²) in [6.45, 7) is 4.86. The number of aryl methyl sites for hydroxylation is 2. The van der Waals surface area contributed by atoms with E-state index in [1.807, 2.05) is 26.0 Å². The van der Waals surface area contributed by atoms with Crippen molar-refractivity contribution in [3.05, 3.63) is 33.2 Å². The van der Waals surface area contributed by atoms with Crippen LogP contribution in [0.1, 0.15) is 15.7 Å². The van der Waals surface area contributed by atoms with Crippen molar-refractivity contribution in [1.82, 2.24) is 9.97 Å². The van der Waals surface area contributed by atoms with Crippen LogP contribution in [0.15, 0.2) is 17.5 Å². The maximum atomic E-state index is 6.08.